The number of nitrogens with zero attached hydrogens (tertiary/aromatic N) is 3. The lowest BCUT2D eigenvalue weighted by Crippen LogP contribution is -2.01. The Kier molecular flexibility index (Phi) is 4.15. The summed E-state index contributed by atoms with van der Waals surface area (Å²) in [7, 11) is 0. The quantitative estimate of drug-likeness (QED) is 0.468. The topological polar surface area (TPSA) is 78.2 Å². The van der Waals surface area contributed by atoms with Gasteiger partial charge in [0.25, 0.3) is 0 Å². The highest BCUT2D eigenvalue weighted by molar-refractivity contribution is 9.10. The molecule has 0 N–H and O–H groups in total. The molecule has 6 nitrogen and oxygen atoms in total. The summed E-state index contributed by atoms with van der Waals surface area (Å²) in [6.45, 7) is 1.42. The van der Waals surface area contributed by atoms with Crippen LogP contribution in [0, 0.1) is 22.9 Å². The molecule has 0 amide bonds. The molecule has 0 unspecified atom stereocenters. The van der Waals surface area contributed by atoms with Gasteiger partial charge in [0.2, 0.25) is 5.28 Å². The molecule has 9 heteroatoms. The average Bonchev–Trinajstić information content (AvgIpc) is 2.32. The van der Waals surface area contributed by atoms with Gasteiger partial charge in [0.1, 0.15) is 17.3 Å². The summed E-state index contributed by atoms with van der Waals surface area (Å²) in [6, 6.07) is 3.79. The highest BCUT2D eigenvalue weighted by atomic mass is 79.9. The maximum Gasteiger partial charge on any atom is 0.352 e. The lowest BCUT2D eigenvalue weighted by molar-refractivity contribution is -0.386. The molecule has 0 fully saturated rings. The Morgan fingerprint density at radius 1 is 1.45 bits per heavy atom. The zero-order valence-corrected chi connectivity index (χ0v) is 12.3. The fourth-order valence-corrected chi connectivity index (χ4v) is 2.00. The standard InChI is InChI=1S/C11H6BrClFN3O3/c1-5-9(17(18)19)10(16-11(13)15-5)20-6-2-3-8(14)7(12)4-6/h2-4H,1H3. The number of benzene rings is 1. The Bertz CT molecular complexity index is 699. The molecule has 0 aliphatic carbocycles. The Morgan fingerprint density at radius 2 is 2.15 bits per heavy atom. The molecule has 2 rings (SSSR count). The van der Waals surface area contributed by atoms with Crippen LogP contribution in [0.25, 0.3) is 0 Å². The number of hydrogen-bond acceptors (Lipinski definition) is 5. The van der Waals surface area contributed by atoms with Crippen molar-refractivity contribution >= 4 is 33.2 Å². The van der Waals surface area contributed by atoms with Gasteiger partial charge in [0.15, 0.2) is 0 Å². The van der Waals surface area contributed by atoms with Crippen LogP contribution < -0.4 is 4.74 Å². The molecular formula is C11H6BrClFN3O3. The largest absolute Gasteiger partial charge is 0.434 e. The molecule has 0 aliphatic heterocycles. The van der Waals surface area contributed by atoms with Crippen molar-refractivity contribution in [3.05, 3.63) is 49.6 Å². The second-order valence-corrected chi connectivity index (χ2v) is 4.86. The number of nitro groups is 1. The summed E-state index contributed by atoms with van der Waals surface area (Å²) >= 11 is 8.64. The summed E-state index contributed by atoms with van der Waals surface area (Å²) in [5, 5.41) is 10.8. The van der Waals surface area contributed by atoms with Gasteiger partial charge in [0.05, 0.1) is 9.40 Å². The van der Waals surface area contributed by atoms with E-state index in [1.807, 2.05) is 0 Å². The molecule has 1 aromatic heterocycles. The van der Waals surface area contributed by atoms with Gasteiger partial charge in [-0.25, -0.2) is 9.37 Å². The van der Waals surface area contributed by atoms with Crippen molar-refractivity contribution in [1.29, 1.82) is 0 Å². The highest BCUT2D eigenvalue weighted by Crippen LogP contribution is 2.33. The molecule has 0 saturated carbocycles. The van der Waals surface area contributed by atoms with Crippen molar-refractivity contribution in [2.45, 2.75) is 6.92 Å². The summed E-state index contributed by atoms with van der Waals surface area (Å²) in [5.41, 5.74) is -0.318. The predicted octanol–water partition coefficient (Wildman–Crippen LogP) is 4.04. The monoisotopic (exact) mass is 361 g/mol. The van der Waals surface area contributed by atoms with Crippen LogP contribution in [0.3, 0.4) is 0 Å². The van der Waals surface area contributed by atoms with E-state index in [0.717, 1.165) is 6.07 Å². The normalized spacial score (nSPS) is 10.4. The van der Waals surface area contributed by atoms with Crippen LogP contribution in [-0.2, 0) is 0 Å². The Morgan fingerprint density at radius 3 is 2.75 bits per heavy atom. The first-order valence-electron chi connectivity index (χ1n) is 5.20. The third kappa shape index (κ3) is 3.02. The van der Waals surface area contributed by atoms with E-state index >= 15 is 0 Å². The molecule has 0 radical (unpaired) electrons. The number of aryl methyl sites for hydroxylation is 1. The third-order valence-corrected chi connectivity index (χ3v) is 3.06. The first-order chi connectivity index (χ1) is 9.38. The van der Waals surface area contributed by atoms with Crippen LogP contribution in [-0.4, -0.2) is 14.9 Å². The van der Waals surface area contributed by atoms with E-state index in [4.69, 9.17) is 16.3 Å². The smallest absolute Gasteiger partial charge is 0.352 e. The van der Waals surface area contributed by atoms with Gasteiger partial charge in [-0.2, -0.15) is 4.98 Å². The van der Waals surface area contributed by atoms with Crippen molar-refractivity contribution < 1.29 is 14.1 Å². The van der Waals surface area contributed by atoms with Crippen LogP contribution >= 0.6 is 27.5 Å². The lowest BCUT2D eigenvalue weighted by Gasteiger charge is -2.07. The molecule has 20 heavy (non-hydrogen) atoms. The molecule has 0 spiro atoms. The number of halogens is 3. The molecule has 1 heterocycles. The van der Waals surface area contributed by atoms with Crippen molar-refractivity contribution in [2.75, 3.05) is 0 Å². The van der Waals surface area contributed by atoms with E-state index in [1.165, 1.54) is 19.1 Å². The van der Waals surface area contributed by atoms with Gasteiger partial charge in [-0.05, 0) is 52.7 Å². The molecule has 0 saturated heterocycles. The number of hydrogen-bond donors (Lipinski definition) is 0. The number of aromatic nitrogens is 2. The molecule has 0 aliphatic rings. The Balaban J connectivity index is 2.47. The minimum atomic E-state index is -0.667. The summed E-state index contributed by atoms with van der Waals surface area (Å²) in [6.07, 6.45) is 0. The Hall–Kier alpha value is -1.80. The fraction of sp³-hybridized carbons (Fsp3) is 0.0909. The first-order valence-corrected chi connectivity index (χ1v) is 6.37. The molecule has 2 aromatic rings. The summed E-state index contributed by atoms with van der Waals surface area (Å²) in [5.74, 6) is -0.606. The molecule has 104 valence electrons. The van der Waals surface area contributed by atoms with Crippen LogP contribution in [0.2, 0.25) is 5.28 Å². The van der Waals surface area contributed by atoms with Gasteiger partial charge in [-0.1, -0.05) is 0 Å². The summed E-state index contributed by atoms with van der Waals surface area (Å²) in [4.78, 5) is 17.7. The number of rotatable bonds is 3. The second kappa shape index (κ2) is 5.68. The van der Waals surface area contributed by atoms with Gasteiger partial charge in [-0.3, -0.25) is 10.1 Å². The van der Waals surface area contributed by atoms with Gasteiger partial charge < -0.3 is 4.74 Å². The zero-order valence-electron chi connectivity index (χ0n) is 9.93. The second-order valence-electron chi connectivity index (χ2n) is 3.67. The van der Waals surface area contributed by atoms with Gasteiger partial charge >= 0.3 is 11.6 Å². The molecule has 1 aromatic carbocycles. The van der Waals surface area contributed by atoms with Crippen LogP contribution in [0.15, 0.2) is 22.7 Å². The summed E-state index contributed by atoms with van der Waals surface area (Å²) < 4.78 is 18.6. The Labute approximate surface area is 125 Å². The van der Waals surface area contributed by atoms with E-state index < -0.39 is 16.4 Å². The molecular weight excluding hydrogens is 356 g/mol. The minimum Gasteiger partial charge on any atom is -0.434 e. The van der Waals surface area contributed by atoms with Crippen LogP contribution in [0.4, 0.5) is 10.1 Å². The van der Waals surface area contributed by atoms with Crippen molar-refractivity contribution in [1.82, 2.24) is 9.97 Å². The number of ether oxygens (including phenoxy) is 1. The maximum atomic E-state index is 13.1. The van der Waals surface area contributed by atoms with Crippen LogP contribution in [0.1, 0.15) is 5.69 Å². The van der Waals surface area contributed by atoms with Crippen LogP contribution in [0.5, 0.6) is 11.6 Å². The van der Waals surface area contributed by atoms with Crippen molar-refractivity contribution in [3.63, 3.8) is 0 Å². The van der Waals surface area contributed by atoms with Crippen molar-refractivity contribution in [3.8, 4) is 11.6 Å². The van der Waals surface area contributed by atoms with Gasteiger partial charge in [0, 0.05) is 0 Å². The SMILES string of the molecule is Cc1nc(Cl)nc(Oc2ccc(F)c(Br)c2)c1[N+](=O)[O-]. The first kappa shape index (κ1) is 14.6. The predicted molar refractivity (Wildman–Crippen MR) is 72.6 cm³/mol. The van der Waals surface area contributed by atoms with E-state index in [9.17, 15) is 14.5 Å². The average molecular weight is 363 g/mol. The zero-order chi connectivity index (χ0) is 14.9. The van der Waals surface area contributed by atoms with Gasteiger partial charge in [-0.15, -0.1) is 0 Å². The van der Waals surface area contributed by atoms with E-state index in [0.29, 0.717) is 0 Å². The highest BCUT2D eigenvalue weighted by Gasteiger charge is 2.24. The van der Waals surface area contributed by atoms with E-state index in [1.54, 1.807) is 0 Å². The molecule has 0 bridgehead atoms. The van der Waals surface area contributed by atoms with E-state index in [-0.39, 0.29) is 27.1 Å². The van der Waals surface area contributed by atoms with Crippen molar-refractivity contribution in [2.24, 2.45) is 0 Å². The third-order valence-electron chi connectivity index (χ3n) is 2.29. The maximum absolute atomic E-state index is 13.1. The minimum absolute atomic E-state index is 0.0752. The molecule has 0 atom stereocenters. The fourth-order valence-electron chi connectivity index (χ4n) is 1.44. The van der Waals surface area contributed by atoms with E-state index in [2.05, 4.69) is 25.9 Å². The lowest BCUT2D eigenvalue weighted by atomic mass is 10.3.